The van der Waals surface area contributed by atoms with Gasteiger partial charge in [-0.05, 0) is 65.5 Å². The molecule has 2 atom stereocenters. The van der Waals surface area contributed by atoms with Gasteiger partial charge in [-0.1, -0.05) is 22.0 Å². The van der Waals surface area contributed by atoms with E-state index in [1.165, 1.54) is 11.8 Å². The number of sulfonamides is 1. The smallest absolute Gasteiger partial charge is 0.258 e. The second kappa shape index (κ2) is 8.90. The standard InChI is InChI=1S/C21H20BrIN4O3S2/c22-12-5-6-14-15(9-12)18-19(16(23)10-24-21(18)28)26-20(14)25-13-3-1-7-27(11-13)32(29,30)17-4-2-8-31-17/h2,5-6,8-10,13,17H,1,3-4,7,11H2,(H,24,28)(H,25,26)/t13-,17?/m0/s1. The first-order chi connectivity index (χ1) is 15.3. The first kappa shape index (κ1) is 22.6. The lowest BCUT2D eigenvalue weighted by atomic mass is 10.0. The van der Waals surface area contributed by atoms with Crippen LogP contribution in [0.1, 0.15) is 19.3 Å². The highest BCUT2D eigenvalue weighted by Crippen LogP contribution is 2.34. The molecule has 168 valence electrons. The third-order valence-corrected chi connectivity index (χ3v) is 11.0. The number of rotatable bonds is 4. The molecule has 0 bridgehead atoms. The highest BCUT2D eigenvalue weighted by molar-refractivity contribution is 14.1. The summed E-state index contributed by atoms with van der Waals surface area (Å²) < 4.78 is 29.1. The Labute approximate surface area is 211 Å². The molecule has 1 aromatic carbocycles. The van der Waals surface area contributed by atoms with Crippen LogP contribution in [-0.4, -0.2) is 46.4 Å². The van der Waals surface area contributed by atoms with E-state index in [1.807, 2.05) is 29.7 Å². The van der Waals surface area contributed by atoms with E-state index in [0.29, 0.717) is 36.2 Å². The minimum Gasteiger partial charge on any atom is -0.365 e. The second-order valence-corrected chi connectivity index (χ2v) is 13.5. The normalized spacial score (nSPS) is 22.1. The Bertz CT molecular complexity index is 1400. The number of hydrogen-bond acceptors (Lipinski definition) is 6. The summed E-state index contributed by atoms with van der Waals surface area (Å²) in [5.74, 6) is 0.671. The van der Waals surface area contributed by atoms with Crippen molar-refractivity contribution in [3.63, 3.8) is 0 Å². The van der Waals surface area contributed by atoms with E-state index in [4.69, 9.17) is 4.98 Å². The zero-order valence-electron chi connectivity index (χ0n) is 16.8. The fourth-order valence-electron chi connectivity index (χ4n) is 4.28. The van der Waals surface area contributed by atoms with Crippen molar-refractivity contribution in [2.75, 3.05) is 18.4 Å². The van der Waals surface area contributed by atoms with Gasteiger partial charge in [-0.3, -0.25) is 4.79 Å². The summed E-state index contributed by atoms with van der Waals surface area (Å²) in [6, 6.07) is 5.73. The van der Waals surface area contributed by atoms with Gasteiger partial charge in [0.25, 0.3) is 5.56 Å². The van der Waals surface area contributed by atoms with Gasteiger partial charge in [0.05, 0.1) is 14.5 Å². The number of thioether (sulfide) groups is 1. The minimum atomic E-state index is -3.36. The number of benzene rings is 1. The molecule has 2 aliphatic rings. The highest BCUT2D eigenvalue weighted by atomic mass is 127. The fourth-order valence-corrected chi connectivity index (χ4v) is 8.38. The highest BCUT2D eigenvalue weighted by Gasteiger charge is 2.36. The summed E-state index contributed by atoms with van der Waals surface area (Å²) in [4.78, 5) is 20.2. The number of aromatic nitrogens is 2. The number of allylic oxidation sites excluding steroid dienone is 1. The average molecular weight is 647 g/mol. The first-order valence-corrected chi connectivity index (χ1v) is 14.5. The van der Waals surface area contributed by atoms with Gasteiger partial charge in [-0.15, -0.1) is 11.8 Å². The Kier molecular flexibility index (Phi) is 6.29. The number of nitrogens with zero attached hydrogens (tertiary/aromatic N) is 2. The predicted molar refractivity (Wildman–Crippen MR) is 143 cm³/mol. The molecule has 1 fully saturated rings. The van der Waals surface area contributed by atoms with Gasteiger partial charge in [0.15, 0.2) is 0 Å². The molecule has 0 aliphatic carbocycles. The van der Waals surface area contributed by atoms with Crippen molar-refractivity contribution >= 4 is 87.8 Å². The lowest BCUT2D eigenvalue weighted by molar-refractivity contribution is 0.326. The molecular weight excluding hydrogens is 627 g/mol. The van der Waals surface area contributed by atoms with Crippen LogP contribution in [0.2, 0.25) is 0 Å². The number of piperidine rings is 1. The van der Waals surface area contributed by atoms with Crippen molar-refractivity contribution in [3.05, 3.63) is 54.3 Å². The largest absolute Gasteiger partial charge is 0.365 e. The molecule has 32 heavy (non-hydrogen) atoms. The Morgan fingerprint density at radius 1 is 1.31 bits per heavy atom. The van der Waals surface area contributed by atoms with Crippen molar-refractivity contribution in [2.45, 2.75) is 29.9 Å². The van der Waals surface area contributed by atoms with E-state index in [2.05, 4.69) is 48.8 Å². The summed E-state index contributed by atoms with van der Waals surface area (Å²) in [5.41, 5.74) is 0.455. The van der Waals surface area contributed by atoms with Crippen LogP contribution in [0.25, 0.3) is 21.7 Å². The van der Waals surface area contributed by atoms with Gasteiger partial charge < -0.3 is 10.3 Å². The van der Waals surface area contributed by atoms with Crippen molar-refractivity contribution in [1.82, 2.24) is 14.3 Å². The van der Waals surface area contributed by atoms with Crippen LogP contribution >= 0.6 is 50.3 Å². The molecule has 0 amide bonds. The van der Waals surface area contributed by atoms with Crippen molar-refractivity contribution in [3.8, 4) is 0 Å². The van der Waals surface area contributed by atoms with Gasteiger partial charge >= 0.3 is 0 Å². The summed E-state index contributed by atoms with van der Waals surface area (Å²) in [7, 11) is -3.36. The van der Waals surface area contributed by atoms with Crippen LogP contribution in [0.3, 0.4) is 0 Å². The number of hydrogen-bond donors (Lipinski definition) is 2. The molecule has 0 saturated carbocycles. The number of fused-ring (bicyclic) bond motifs is 3. The molecule has 2 aliphatic heterocycles. The maximum Gasteiger partial charge on any atom is 0.258 e. The third-order valence-electron chi connectivity index (χ3n) is 5.82. The number of aromatic amines is 1. The van der Waals surface area contributed by atoms with E-state index in [1.54, 1.807) is 10.5 Å². The Morgan fingerprint density at radius 2 is 2.16 bits per heavy atom. The third kappa shape index (κ3) is 4.10. The predicted octanol–water partition coefficient (Wildman–Crippen LogP) is 4.63. The Morgan fingerprint density at radius 3 is 2.94 bits per heavy atom. The quantitative estimate of drug-likeness (QED) is 0.317. The Hall–Kier alpha value is -1.15. The van der Waals surface area contributed by atoms with Gasteiger partial charge in [-0.2, -0.15) is 4.31 Å². The zero-order valence-corrected chi connectivity index (χ0v) is 22.2. The average Bonchev–Trinajstić information content (AvgIpc) is 3.32. The molecule has 0 spiro atoms. The Balaban J connectivity index is 1.52. The lowest BCUT2D eigenvalue weighted by Crippen LogP contribution is -2.47. The topological polar surface area (TPSA) is 95.2 Å². The fraction of sp³-hybridized carbons (Fsp3) is 0.333. The van der Waals surface area contributed by atoms with E-state index in [-0.39, 0.29) is 11.6 Å². The second-order valence-electron chi connectivity index (χ2n) is 7.90. The number of pyridine rings is 2. The SMILES string of the molecule is O=c1[nH]cc(I)c2nc(N[C@H]3CCCN(S(=O)(=O)C4CC=CS4)C3)c3ccc(Br)cc3c12. The van der Waals surface area contributed by atoms with Crippen LogP contribution < -0.4 is 10.9 Å². The summed E-state index contributed by atoms with van der Waals surface area (Å²) >= 11 is 7.06. The van der Waals surface area contributed by atoms with Crippen molar-refractivity contribution in [2.24, 2.45) is 0 Å². The molecule has 4 heterocycles. The molecule has 7 nitrogen and oxygen atoms in total. The molecule has 3 aromatic rings. The molecule has 2 N–H and O–H groups in total. The molecule has 2 aromatic heterocycles. The summed E-state index contributed by atoms with van der Waals surface area (Å²) in [5, 5.41) is 7.57. The van der Waals surface area contributed by atoms with Crippen molar-refractivity contribution in [1.29, 1.82) is 0 Å². The van der Waals surface area contributed by atoms with Gasteiger partial charge in [0.1, 0.15) is 10.4 Å². The molecule has 11 heteroatoms. The van der Waals surface area contributed by atoms with Crippen LogP contribution in [0.4, 0.5) is 5.82 Å². The molecule has 1 saturated heterocycles. The van der Waals surface area contributed by atoms with E-state index in [0.717, 1.165) is 31.7 Å². The van der Waals surface area contributed by atoms with Crippen molar-refractivity contribution < 1.29 is 8.42 Å². The number of anilines is 1. The summed E-state index contributed by atoms with van der Waals surface area (Å²) in [6.07, 6.45) is 5.77. The first-order valence-electron chi connectivity index (χ1n) is 10.2. The van der Waals surface area contributed by atoms with Gasteiger partial charge in [-0.25, -0.2) is 13.4 Å². The van der Waals surface area contributed by atoms with E-state index >= 15 is 0 Å². The van der Waals surface area contributed by atoms with Crippen LogP contribution in [0, 0.1) is 3.57 Å². The molecular formula is C21H20BrIN4O3S2. The molecule has 0 radical (unpaired) electrons. The number of nitrogens with one attached hydrogen (secondary N) is 2. The zero-order chi connectivity index (χ0) is 22.5. The van der Waals surface area contributed by atoms with Gasteiger partial charge in [0, 0.05) is 40.6 Å². The van der Waals surface area contributed by atoms with Crippen LogP contribution in [0.15, 0.2) is 45.1 Å². The van der Waals surface area contributed by atoms with E-state index in [9.17, 15) is 13.2 Å². The number of H-pyrrole nitrogens is 1. The lowest BCUT2D eigenvalue weighted by Gasteiger charge is -2.34. The number of halogens is 2. The maximum absolute atomic E-state index is 13.1. The molecule has 1 unspecified atom stereocenters. The maximum atomic E-state index is 13.1. The molecule has 5 rings (SSSR count). The summed E-state index contributed by atoms with van der Waals surface area (Å²) in [6.45, 7) is 0.952. The van der Waals surface area contributed by atoms with Gasteiger partial charge in [0.2, 0.25) is 10.0 Å². The minimum absolute atomic E-state index is 0.0608. The monoisotopic (exact) mass is 646 g/mol. The van der Waals surface area contributed by atoms with Crippen LogP contribution in [0.5, 0.6) is 0 Å². The van der Waals surface area contributed by atoms with E-state index < -0.39 is 14.6 Å². The van der Waals surface area contributed by atoms with Crippen LogP contribution in [-0.2, 0) is 10.0 Å².